The van der Waals surface area contributed by atoms with Gasteiger partial charge < -0.3 is 0 Å². The van der Waals surface area contributed by atoms with Crippen molar-refractivity contribution in [2.45, 2.75) is 38.0 Å². The quantitative estimate of drug-likeness (QED) is 0.590. The number of hydrogen-bond donors (Lipinski definition) is 1. The van der Waals surface area contributed by atoms with Crippen molar-refractivity contribution < 1.29 is 8.42 Å². The number of rotatable bonds is 7. The van der Waals surface area contributed by atoms with Crippen LogP contribution in [0.1, 0.15) is 33.1 Å². The third-order valence-electron chi connectivity index (χ3n) is 2.56. The molecule has 7 heteroatoms. The van der Waals surface area contributed by atoms with Gasteiger partial charge in [-0.3, -0.25) is 0 Å². The number of sulfonamides is 1. The predicted octanol–water partition coefficient (Wildman–Crippen LogP) is 3.60. The van der Waals surface area contributed by atoms with Gasteiger partial charge in [0.25, 0.3) is 0 Å². The van der Waals surface area contributed by atoms with E-state index in [1.165, 1.54) is 12.3 Å². The maximum atomic E-state index is 12.0. The number of nitrogens with one attached hydrogen (secondary N) is 1. The van der Waals surface area contributed by atoms with Crippen molar-refractivity contribution >= 4 is 37.6 Å². The molecule has 1 aromatic rings. The molecule has 1 heterocycles. The highest BCUT2D eigenvalue weighted by atomic mass is 79.9. The maximum absolute atomic E-state index is 12.0. The topological polar surface area (TPSA) is 59.1 Å². The van der Waals surface area contributed by atoms with Crippen LogP contribution in [0.25, 0.3) is 0 Å². The van der Waals surface area contributed by atoms with Crippen molar-refractivity contribution in [3.8, 4) is 0 Å². The summed E-state index contributed by atoms with van der Waals surface area (Å²) >= 11 is 9.00. The Morgan fingerprint density at radius 3 is 2.74 bits per heavy atom. The average Bonchev–Trinajstić information content (AvgIpc) is 2.31. The zero-order chi connectivity index (χ0) is 14.5. The van der Waals surface area contributed by atoms with Crippen molar-refractivity contribution in [1.29, 1.82) is 0 Å². The molecular formula is C12H18BrClN2O2S. The highest BCUT2D eigenvalue weighted by Crippen LogP contribution is 2.22. The van der Waals surface area contributed by atoms with Crippen molar-refractivity contribution in [1.82, 2.24) is 9.71 Å². The van der Waals surface area contributed by atoms with E-state index in [1.807, 2.05) is 0 Å². The molecule has 1 N–H and O–H groups in total. The van der Waals surface area contributed by atoms with Gasteiger partial charge in [-0.15, -0.1) is 0 Å². The second-order valence-corrected chi connectivity index (χ2v) is 7.74. The lowest BCUT2D eigenvalue weighted by atomic mass is 10.1. The predicted molar refractivity (Wildman–Crippen MR) is 80.8 cm³/mol. The highest BCUT2D eigenvalue weighted by Gasteiger charge is 2.18. The fourth-order valence-corrected chi connectivity index (χ4v) is 3.57. The van der Waals surface area contributed by atoms with Crippen molar-refractivity contribution in [3.05, 3.63) is 21.9 Å². The molecule has 0 aliphatic carbocycles. The Morgan fingerprint density at radius 1 is 1.42 bits per heavy atom. The molecule has 0 spiro atoms. The van der Waals surface area contributed by atoms with E-state index in [1.54, 1.807) is 0 Å². The summed E-state index contributed by atoms with van der Waals surface area (Å²) in [4.78, 5) is 3.82. The molecule has 0 unspecified atom stereocenters. The SMILES string of the molecule is CC(C)CCCCNS(=O)(=O)c1cc(Br)cnc1Cl. The molecular weight excluding hydrogens is 352 g/mol. The first kappa shape index (κ1) is 16.9. The van der Waals surface area contributed by atoms with E-state index in [9.17, 15) is 8.42 Å². The van der Waals surface area contributed by atoms with Gasteiger partial charge in [-0.1, -0.05) is 38.3 Å². The molecule has 4 nitrogen and oxygen atoms in total. The first-order valence-electron chi connectivity index (χ1n) is 6.13. The summed E-state index contributed by atoms with van der Waals surface area (Å²) in [7, 11) is -3.59. The zero-order valence-electron chi connectivity index (χ0n) is 11.0. The molecule has 108 valence electrons. The molecule has 0 aliphatic heterocycles. The van der Waals surface area contributed by atoms with Crippen molar-refractivity contribution in [2.75, 3.05) is 6.54 Å². The molecule has 19 heavy (non-hydrogen) atoms. The number of pyridine rings is 1. The van der Waals surface area contributed by atoms with Gasteiger partial charge >= 0.3 is 0 Å². The lowest BCUT2D eigenvalue weighted by Gasteiger charge is -2.08. The van der Waals surface area contributed by atoms with Crippen LogP contribution in [0.2, 0.25) is 5.15 Å². The molecule has 0 saturated carbocycles. The normalized spacial score (nSPS) is 12.1. The van der Waals surface area contributed by atoms with Crippen LogP contribution in [0.5, 0.6) is 0 Å². The van der Waals surface area contributed by atoms with Gasteiger partial charge in [0.1, 0.15) is 10.0 Å². The summed E-state index contributed by atoms with van der Waals surface area (Å²) in [5.41, 5.74) is 0. The largest absolute Gasteiger partial charge is 0.243 e. The molecule has 1 rings (SSSR count). The number of unbranched alkanes of at least 4 members (excludes halogenated alkanes) is 1. The number of hydrogen-bond acceptors (Lipinski definition) is 3. The summed E-state index contributed by atoms with van der Waals surface area (Å²) in [5.74, 6) is 0.639. The van der Waals surface area contributed by atoms with Gasteiger partial charge in [-0.05, 0) is 34.3 Å². The highest BCUT2D eigenvalue weighted by molar-refractivity contribution is 9.10. The van der Waals surface area contributed by atoms with Gasteiger partial charge in [0, 0.05) is 17.2 Å². The molecule has 0 aromatic carbocycles. The van der Waals surface area contributed by atoms with E-state index in [2.05, 4.69) is 39.5 Å². The summed E-state index contributed by atoms with van der Waals surface area (Å²) < 4.78 is 27.2. The fraction of sp³-hybridized carbons (Fsp3) is 0.583. The first-order valence-corrected chi connectivity index (χ1v) is 8.79. The minimum Gasteiger partial charge on any atom is -0.242 e. The fourth-order valence-electron chi connectivity index (χ4n) is 1.55. The minimum atomic E-state index is -3.59. The van der Waals surface area contributed by atoms with Gasteiger partial charge in [0.15, 0.2) is 0 Å². The maximum Gasteiger partial charge on any atom is 0.243 e. The zero-order valence-corrected chi connectivity index (χ0v) is 14.1. The Morgan fingerprint density at radius 2 is 2.11 bits per heavy atom. The molecule has 0 saturated heterocycles. The second-order valence-electron chi connectivity index (χ2n) is 4.73. The van der Waals surface area contributed by atoms with E-state index >= 15 is 0 Å². The second kappa shape index (κ2) is 7.57. The summed E-state index contributed by atoms with van der Waals surface area (Å²) in [5, 5.41) is -0.0159. The Bertz CT molecular complexity index is 520. The number of aromatic nitrogens is 1. The Hall–Kier alpha value is -0.170. The molecule has 0 radical (unpaired) electrons. The summed E-state index contributed by atoms with van der Waals surface area (Å²) in [6.45, 7) is 4.71. The summed E-state index contributed by atoms with van der Waals surface area (Å²) in [6, 6.07) is 1.45. The van der Waals surface area contributed by atoms with E-state index < -0.39 is 10.0 Å². The molecule has 1 aromatic heterocycles. The lowest BCUT2D eigenvalue weighted by molar-refractivity contribution is 0.530. The minimum absolute atomic E-state index is 0.00685. The van der Waals surface area contributed by atoms with E-state index in [4.69, 9.17) is 11.6 Å². The molecule has 0 aliphatic rings. The smallest absolute Gasteiger partial charge is 0.242 e. The van der Waals surface area contributed by atoms with E-state index in [0.29, 0.717) is 16.9 Å². The van der Waals surface area contributed by atoms with Crippen LogP contribution in [-0.2, 0) is 10.0 Å². The van der Waals surface area contributed by atoms with E-state index in [-0.39, 0.29) is 10.0 Å². The van der Waals surface area contributed by atoms with E-state index in [0.717, 1.165) is 19.3 Å². The van der Waals surface area contributed by atoms with Crippen LogP contribution in [0.4, 0.5) is 0 Å². The van der Waals surface area contributed by atoms with Crippen LogP contribution >= 0.6 is 27.5 Å². The standard InChI is InChI=1S/C12H18BrClN2O2S/c1-9(2)5-3-4-6-16-19(17,18)11-7-10(13)8-15-12(11)14/h7-9,16H,3-6H2,1-2H3. The number of nitrogens with zero attached hydrogens (tertiary/aromatic N) is 1. The lowest BCUT2D eigenvalue weighted by Crippen LogP contribution is -2.25. The van der Waals surface area contributed by atoms with Crippen LogP contribution in [0.3, 0.4) is 0 Å². The van der Waals surface area contributed by atoms with Gasteiger partial charge in [0.05, 0.1) is 0 Å². The number of halogens is 2. The molecule has 0 atom stereocenters. The Labute approximate surface area is 128 Å². The van der Waals surface area contributed by atoms with Gasteiger partial charge in [-0.25, -0.2) is 18.1 Å². The first-order chi connectivity index (χ1) is 8.83. The third kappa shape index (κ3) is 5.77. The Balaban J connectivity index is 2.59. The van der Waals surface area contributed by atoms with Crippen LogP contribution < -0.4 is 4.72 Å². The van der Waals surface area contributed by atoms with Crippen molar-refractivity contribution in [2.24, 2.45) is 5.92 Å². The van der Waals surface area contributed by atoms with Gasteiger partial charge in [0.2, 0.25) is 10.0 Å². The Kier molecular flexibility index (Phi) is 6.73. The van der Waals surface area contributed by atoms with Crippen LogP contribution in [0.15, 0.2) is 21.6 Å². The van der Waals surface area contributed by atoms with Crippen LogP contribution in [-0.4, -0.2) is 19.9 Å². The molecule has 0 bridgehead atoms. The van der Waals surface area contributed by atoms with Gasteiger partial charge in [-0.2, -0.15) is 0 Å². The molecule has 0 amide bonds. The average molecular weight is 370 g/mol. The summed E-state index contributed by atoms with van der Waals surface area (Å²) in [6.07, 6.45) is 4.38. The van der Waals surface area contributed by atoms with Crippen LogP contribution in [0, 0.1) is 5.92 Å². The third-order valence-corrected chi connectivity index (χ3v) is 4.88. The monoisotopic (exact) mass is 368 g/mol. The van der Waals surface area contributed by atoms with Crippen molar-refractivity contribution in [3.63, 3.8) is 0 Å². The molecule has 0 fully saturated rings.